The van der Waals surface area contributed by atoms with Gasteiger partial charge in [0.05, 0.1) is 5.92 Å². The third kappa shape index (κ3) is 5.42. The summed E-state index contributed by atoms with van der Waals surface area (Å²) in [7, 11) is 3.04. The van der Waals surface area contributed by atoms with E-state index >= 15 is 0 Å². The first-order valence-electron chi connectivity index (χ1n) is 11.3. The first kappa shape index (κ1) is 26.9. The molecule has 3 heterocycles. The fraction of sp³-hybridized carbons (Fsp3) is 0.292. The molecule has 200 valence electrons. The highest BCUT2D eigenvalue weighted by Gasteiger charge is 2.56. The molecule has 38 heavy (non-hydrogen) atoms. The summed E-state index contributed by atoms with van der Waals surface area (Å²) in [4.78, 5) is 45.3. The molecule has 10 nitrogen and oxygen atoms in total. The molecule has 0 unspecified atom stereocenters. The van der Waals surface area contributed by atoms with Crippen LogP contribution in [0, 0.1) is 5.92 Å². The average molecular weight is 550 g/mol. The van der Waals surface area contributed by atoms with Gasteiger partial charge in [-0.3, -0.25) is 24.1 Å². The molecule has 4 rings (SSSR count). The molecular weight excluding hydrogens is 527 g/mol. The van der Waals surface area contributed by atoms with Gasteiger partial charge in [-0.2, -0.15) is 18.3 Å². The van der Waals surface area contributed by atoms with Gasteiger partial charge in [-0.25, -0.2) is 9.78 Å². The topological polar surface area (TPSA) is 126 Å². The maximum atomic E-state index is 13.9. The monoisotopic (exact) mass is 549 g/mol. The molecule has 14 heteroatoms. The second-order valence-electron chi connectivity index (χ2n) is 8.78. The van der Waals surface area contributed by atoms with Crippen molar-refractivity contribution in [2.45, 2.75) is 24.7 Å². The number of carbonyl (C=O) groups is 3. The highest BCUT2D eigenvalue weighted by atomic mass is 35.5. The van der Waals surface area contributed by atoms with E-state index in [0.29, 0.717) is 10.5 Å². The maximum absolute atomic E-state index is 13.9. The molecule has 4 amide bonds. The van der Waals surface area contributed by atoms with Gasteiger partial charge in [-0.15, -0.1) is 0 Å². The van der Waals surface area contributed by atoms with E-state index in [0.717, 1.165) is 17.0 Å². The van der Waals surface area contributed by atoms with E-state index in [2.05, 4.69) is 10.1 Å². The lowest BCUT2D eigenvalue weighted by molar-refractivity contribution is -0.162. The minimum Gasteiger partial charge on any atom is -0.384 e. The molecule has 3 aromatic rings. The van der Waals surface area contributed by atoms with E-state index < -0.39 is 42.0 Å². The molecule has 1 aliphatic heterocycles. The standard InChI is InChI=1S/C24H23ClF3N7O3/c1-33-9-7-18(32-33)34(2)22(37)19-16(10-13-6-8-30-17(29)11-13)21(36)35(19)23(38)31-20(24(26,27)28)14-4-3-5-15(25)12-14/h3-9,11-12,16,19-20H,10H2,1-2H3,(H2,29,30)(H,31,38)/t16-,19+,20-/m1/s1. The van der Waals surface area contributed by atoms with Crippen molar-refractivity contribution in [2.24, 2.45) is 13.0 Å². The summed E-state index contributed by atoms with van der Waals surface area (Å²) in [6, 6.07) is 4.33. The number of nitrogens with two attached hydrogens (primary N) is 1. The van der Waals surface area contributed by atoms with Gasteiger partial charge in [0, 0.05) is 37.6 Å². The molecule has 3 N–H and O–H groups in total. The van der Waals surface area contributed by atoms with Crippen molar-refractivity contribution >= 4 is 41.1 Å². The van der Waals surface area contributed by atoms with Gasteiger partial charge in [0.15, 0.2) is 11.9 Å². The van der Waals surface area contributed by atoms with E-state index in [1.807, 2.05) is 5.32 Å². The first-order valence-corrected chi connectivity index (χ1v) is 11.7. The Labute approximate surface area is 220 Å². The number of rotatable bonds is 6. The Balaban J connectivity index is 1.64. The van der Waals surface area contributed by atoms with Crippen LogP contribution in [0.5, 0.6) is 0 Å². The number of nitrogens with one attached hydrogen (secondary N) is 1. The predicted molar refractivity (Wildman–Crippen MR) is 132 cm³/mol. The quantitative estimate of drug-likeness (QED) is 0.455. The second-order valence-corrected chi connectivity index (χ2v) is 9.21. The van der Waals surface area contributed by atoms with E-state index in [9.17, 15) is 27.6 Å². The lowest BCUT2D eigenvalue weighted by Gasteiger charge is -2.45. The largest absolute Gasteiger partial charge is 0.412 e. The number of hydrogen-bond acceptors (Lipinski definition) is 6. The van der Waals surface area contributed by atoms with Crippen LogP contribution in [0.15, 0.2) is 54.9 Å². The second kappa shape index (κ2) is 10.3. The van der Waals surface area contributed by atoms with Crippen molar-refractivity contribution in [3.05, 3.63) is 71.0 Å². The van der Waals surface area contributed by atoms with Crippen LogP contribution < -0.4 is 16.0 Å². The highest BCUT2D eigenvalue weighted by molar-refractivity contribution is 6.30. The lowest BCUT2D eigenvalue weighted by Crippen LogP contribution is -2.71. The first-order chi connectivity index (χ1) is 17.9. The molecule has 0 saturated carbocycles. The fourth-order valence-electron chi connectivity index (χ4n) is 4.26. The van der Waals surface area contributed by atoms with Crippen molar-refractivity contribution in [1.82, 2.24) is 25.0 Å². The van der Waals surface area contributed by atoms with E-state index in [1.54, 1.807) is 25.4 Å². The maximum Gasteiger partial charge on any atom is 0.412 e. The summed E-state index contributed by atoms with van der Waals surface area (Å²) in [6.45, 7) is 0. The third-order valence-corrected chi connectivity index (χ3v) is 6.37. The number of nitrogens with zero attached hydrogens (tertiary/aromatic N) is 5. The van der Waals surface area contributed by atoms with Gasteiger partial charge in [-0.05, 0) is 41.8 Å². The zero-order valence-corrected chi connectivity index (χ0v) is 20.9. The normalized spacial score (nSPS) is 18.1. The number of likely N-dealkylation sites (tertiary alicyclic amines) is 1. The zero-order valence-electron chi connectivity index (χ0n) is 20.2. The number of halogens is 4. The molecular formula is C24H23ClF3N7O3. The van der Waals surface area contributed by atoms with E-state index in [4.69, 9.17) is 17.3 Å². The Morgan fingerprint density at radius 2 is 1.97 bits per heavy atom. The summed E-state index contributed by atoms with van der Waals surface area (Å²) in [5.74, 6) is -2.12. The smallest absolute Gasteiger partial charge is 0.384 e. The number of likely N-dealkylation sites (N-methyl/N-ethyl adjacent to an activating group) is 1. The van der Waals surface area contributed by atoms with Crippen LogP contribution in [0.4, 0.5) is 29.6 Å². The molecule has 0 radical (unpaired) electrons. The Morgan fingerprint density at radius 3 is 2.58 bits per heavy atom. The third-order valence-electron chi connectivity index (χ3n) is 6.14. The number of aromatic nitrogens is 3. The lowest BCUT2D eigenvalue weighted by atomic mass is 9.81. The van der Waals surface area contributed by atoms with Crippen molar-refractivity contribution in [3.8, 4) is 0 Å². The van der Waals surface area contributed by atoms with E-state index in [1.165, 1.54) is 36.1 Å². The van der Waals surface area contributed by atoms with Gasteiger partial charge in [-0.1, -0.05) is 23.7 Å². The number of urea groups is 1. The molecule has 1 saturated heterocycles. The number of pyridine rings is 1. The molecule has 1 aliphatic rings. The zero-order chi connectivity index (χ0) is 27.8. The summed E-state index contributed by atoms with van der Waals surface area (Å²) >= 11 is 5.85. The number of nitrogen functional groups attached to an aromatic ring is 1. The minimum absolute atomic E-state index is 0.0127. The van der Waals surface area contributed by atoms with Crippen molar-refractivity contribution in [3.63, 3.8) is 0 Å². The average Bonchev–Trinajstić information content (AvgIpc) is 3.28. The number of hydrogen-bond donors (Lipinski definition) is 2. The Morgan fingerprint density at radius 1 is 1.24 bits per heavy atom. The van der Waals surface area contributed by atoms with Crippen molar-refractivity contribution in [1.29, 1.82) is 0 Å². The van der Waals surface area contributed by atoms with Crippen LogP contribution in [0.25, 0.3) is 0 Å². The Bertz CT molecular complexity index is 1380. The van der Waals surface area contributed by atoms with Crippen LogP contribution in [0.2, 0.25) is 5.02 Å². The Kier molecular flexibility index (Phi) is 7.31. The summed E-state index contributed by atoms with van der Waals surface area (Å²) in [5.41, 5.74) is 5.95. The summed E-state index contributed by atoms with van der Waals surface area (Å²) in [5, 5.41) is 6.03. The number of carbonyl (C=O) groups excluding carboxylic acids is 3. The van der Waals surface area contributed by atoms with Gasteiger partial charge in [0.2, 0.25) is 5.91 Å². The van der Waals surface area contributed by atoms with Gasteiger partial charge in [0.1, 0.15) is 11.9 Å². The Hall–Kier alpha value is -4.13. The van der Waals surface area contributed by atoms with Gasteiger partial charge >= 0.3 is 12.2 Å². The SMILES string of the molecule is CN(C(=O)[C@@H]1[C@@H](Cc2ccnc(N)c2)C(=O)N1C(=O)N[C@H](c1cccc(Cl)c1)C(F)(F)F)c1ccn(C)n1. The number of anilines is 2. The summed E-state index contributed by atoms with van der Waals surface area (Å²) in [6.07, 6.45) is -1.88. The van der Waals surface area contributed by atoms with Crippen LogP contribution in [0.3, 0.4) is 0 Å². The molecule has 1 aromatic carbocycles. The molecule has 0 spiro atoms. The molecule has 3 atom stereocenters. The molecule has 0 bridgehead atoms. The van der Waals surface area contributed by atoms with Crippen LogP contribution >= 0.6 is 11.6 Å². The number of aryl methyl sites for hydroxylation is 1. The predicted octanol–water partition coefficient (Wildman–Crippen LogP) is 3.10. The van der Waals surface area contributed by atoms with Crippen molar-refractivity contribution in [2.75, 3.05) is 17.7 Å². The van der Waals surface area contributed by atoms with Crippen molar-refractivity contribution < 1.29 is 27.6 Å². The molecule has 1 fully saturated rings. The number of β-lactam (4-membered cyclic amide) rings is 1. The highest BCUT2D eigenvalue weighted by Crippen LogP contribution is 2.36. The molecule has 2 aromatic heterocycles. The molecule has 0 aliphatic carbocycles. The fourth-order valence-corrected chi connectivity index (χ4v) is 4.46. The van der Waals surface area contributed by atoms with Gasteiger partial charge < -0.3 is 11.1 Å². The van der Waals surface area contributed by atoms with Crippen LogP contribution in [-0.2, 0) is 23.1 Å². The van der Waals surface area contributed by atoms with E-state index in [-0.39, 0.29) is 28.6 Å². The summed E-state index contributed by atoms with van der Waals surface area (Å²) < 4.78 is 43.2. The van der Waals surface area contributed by atoms with Crippen LogP contribution in [0.1, 0.15) is 17.2 Å². The van der Waals surface area contributed by atoms with Gasteiger partial charge in [0.25, 0.3) is 5.91 Å². The number of amides is 4. The number of alkyl halides is 3. The number of imide groups is 1. The number of benzene rings is 1. The van der Waals surface area contributed by atoms with Crippen LogP contribution in [-0.4, -0.2) is 56.8 Å². The minimum atomic E-state index is -4.91.